The second-order valence-electron chi connectivity index (χ2n) is 3.37. The van der Waals surface area contributed by atoms with Crippen LogP contribution in [0, 0.1) is 11.3 Å². The Morgan fingerprint density at radius 2 is 2.11 bits per heavy atom. The number of nitrogens with zero attached hydrogens (tertiary/aromatic N) is 1. The Kier molecular flexibility index (Phi) is 5.25. The number of hydrogen-bond donors (Lipinski definition) is 1. The first kappa shape index (κ1) is 14.6. The lowest BCUT2D eigenvalue weighted by Crippen LogP contribution is -2.20. The Bertz CT molecular complexity index is 443. The first-order chi connectivity index (χ1) is 8.44. The summed E-state index contributed by atoms with van der Waals surface area (Å²) in [6.45, 7) is -1.24. The number of anilines is 1. The third-order valence-corrected chi connectivity index (χ3v) is 2.27. The minimum Gasteiger partial charge on any atom is -0.382 e. The number of halogens is 4. The van der Waals surface area contributed by atoms with Crippen molar-refractivity contribution in [2.45, 2.75) is 6.18 Å². The second kappa shape index (κ2) is 6.47. The topological polar surface area (TPSA) is 45.0 Å². The zero-order valence-electron chi connectivity index (χ0n) is 9.22. The molecule has 98 valence electrons. The summed E-state index contributed by atoms with van der Waals surface area (Å²) in [4.78, 5) is 0. The van der Waals surface area contributed by atoms with Crippen molar-refractivity contribution < 1.29 is 17.9 Å². The highest BCUT2D eigenvalue weighted by atomic mass is 35.5. The maximum atomic E-state index is 11.8. The highest BCUT2D eigenvalue weighted by Gasteiger charge is 2.27. The summed E-state index contributed by atoms with van der Waals surface area (Å²) in [6, 6.07) is 6.73. The zero-order valence-corrected chi connectivity index (χ0v) is 9.98. The molecule has 0 atom stereocenters. The molecule has 0 spiro atoms. The highest BCUT2D eigenvalue weighted by Crippen LogP contribution is 2.23. The maximum Gasteiger partial charge on any atom is 0.411 e. The van der Waals surface area contributed by atoms with E-state index in [0.717, 1.165) is 0 Å². The Morgan fingerprint density at radius 3 is 2.72 bits per heavy atom. The van der Waals surface area contributed by atoms with Crippen LogP contribution in [0.15, 0.2) is 18.2 Å². The van der Waals surface area contributed by atoms with E-state index in [1.807, 2.05) is 6.07 Å². The minimum atomic E-state index is -4.33. The summed E-state index contributed by atoms with van der Waals surface area (Å²) in [5, 5.41) is 11.9. The van der Waals surface area contributed by atoms with E-state index < -0.39 is 12.8 Å². The van der Waals surface area contributed by atoms with Crippen LogP contribution < -0.4 is 5.32 Å². The molecule has 0 aliphatic rings. The molecule has 0 radical (unpaired) electrons. The summed E-state index contributed by atoms with van der Waals surface area (Å²) in [5.74, 6) is 0. The number of benzene rings is 1. The monoisotopic (exact) mass is 278 g/mol. The van der Waals surface area contributed by atoms with Gasteiger partial charge >= 0.3 is 6.18 Å². The van der Waals surface area contributed by atoms with E-state index in [9.17, 15) is 13.2 Å². The van der Waals surface area contributed by atoms with Crippen LogP contribution in [0.3, 0.4) is 0 Å². The molecular formula is C11H10ClF3N2O. The molecule has 1 N–H and O–H groups in total. The molecule has 0 unspecified atom stereocenters. The molecular weight excluding hydrogens is 269 g/mol. The predicted molar refractivity (Wildman–Crippen MR) is 61.5 cm³/mol. The lowest BCUT2D eigenvalue weighted by Gasteiger charge is -2.10. The standard InChI is InChI=1S/C11H10ClF3N2O/c12-9-2-1-3-10(8(9)6-16)17-4-5-18-7-11(13,14)15/h1-3,17H,4-5,7H2. The third kappa shape index (κ3) is 4.82. The SMILES string of the molecule is N#Cc1c(Cl)cccc1NCCOCC(F)(F)F. The van der Waals surface area contributed by atoms with Crippen molar-refractivity contribution in [2.75, 3.05) is 25.1 Å². The van der Waals surface area contributed by atoms with Crippen LogP contribution in [-0.2, 0) is 4.74 Å². The van der Waals surface area contributed by atoms with Gasteiger partial charge in [-0.2, -0.15) is 18.4 Å². The van der Waals surface area contributed by atoms with Crippen LogP contribution in [0.25, 0.3) is 0 Å². The Balaban J connectivity index is 2.41. The van der Waals surface area contributed by atoms with Crippen LogP contribution >= 0.6 is 11.6 Å². The van der Waals surface area contributed by atoms with Gasteiger partial charge in [0.2, 0.25) is 0 Å². The van der Waals surface area contributed by atoms with Crippen molar-refractivity contribution in [1.82, 2.24) is 0 Å². The molecule has 0 heterocycles. The average molecular weight is 279 g/mol. The first-order valence-corrected chi connectivity index (χ1v) is 5.39. The Morgan fingerprint density at radius 1 is 1.39 bits per heavy atom. The number of ether oxygens (including phenoxy) is 1. The summed E-state index contributed by atoms with van der Waals surface area (Å²) >= 11 is 5.79. The molecule has 0 aliphatic heterocycles. The maximum absolute atomic E-state index is 11.8. The molecule has 3 nitrogen and oxygen atoms in total. The van der Waals surface area contributed by atoms with Gasteiger partial charge in [0.25, 0.3) is 0 Å². The van der Waals surface area contributed by atoms with Gasteiger partial charge in [-0.25, -0.2) is 0 Å². The number of nitriles is 1. The van der Waals surface area contributed by atoms with Gasteiger partial charge in [0.05, 0.1) is 22.9 Å². The molecule has 18 heavy (non-hydrogen) atoms. The quantitative estimate of drug-likeness (QED) is 0.841. The third-order valence-electron chi connectivity index (χ3n) is 1.95. The van der Waals surface area contributed by atoms with Crippen molar-refractivity contribution in [3.8, 4) is 6.07 Å². The van der Waals surface area contributed by atoms with Gasteiger partial charge in [0.15, 0.2) is 0 Å². The molecule has 0 aliphatic carbocycles. The average Bonchev–Trinajstić information content (AvgIpc) is 2.27. The van der Waals surface area contributed by atoms with E-state index in [0.29, 0.717) is 10.7 Å². The van der Waals surface area contributed by atoms with E-state index in [-0.39, 0.29) is 18.7 Å². The van der Waals surface area contributed by atoms with Gasteiger partial charge in [0.1, 0.15) is 12.7 Å². The number of nitrogens with one attached hydrogen (secondary N) is 1. The molecule has 1 aromatic carbocycles. The molecule has 1 aromatic rings. The van der Waals surface area contributed by atoms with Crippen molar-refractivity contribution in [1.29, 1.82) is 5.26 Å². The largest absolute Gasteiger partial charge is 0.411 e. The fourth-order valence-electron chi connectivity index (χ4n) is 1.23. The smallest absolute Gasteiger partial charge is 0.382 e. The predicted octanol–water partition coefficient (Wildman–Crippen LogP) is 3.20. The number of rotatable bonds is 5. The van der Waals surface area contributed by atoms with Gasteiger partial charge in [-0.3, -0.25) is 0 Å². The van der Waals surface area contributed by atoms with Crippen molar-refractivity contribution in [3.05, 3.63) is 28.8 Å². The number of hydrogen-bond acceptors (Lipinski definition) is 3. The lowest BCUT2D eigenvalue weighted by atomic mass is 10.2. The fraction of sp³-hybridized carbons (Fsp3) is 0.364. The molecule has 1 rings (SSSR count). The second-order valence-corrected chi connectivity index (χ2v) is 3.78. The van der Waals surface area contributed by atoms with Gasteiger partial charge < -0.3 is 10.1 Å². The summed E-state index contributed by atoms with van der Waals surface area (Å²) in [6.07, 6.45) is -4.33. The van der Waals surface area contributed by atoms with Gasteiger partial charge in [0, 0.05) is 6.54 Å². The summed E-state index contributed by atoms with van der Waals surface area (Å²) in [5.41, 5.74) is 0.732. The van der Waals surface area contributed by atoms with E-state index in [2.05, 4.69) is 10.1 Å². The fourth-order valence-corrected chi connectivity index (χ4v) is 1.45. The molecule has 0 amide bonds. The van der Waals surface area contributed by atoms with Crippen molar-refractivity contribution >= 4 is 17.3 Å². The van der Waals surface area contributed by atoms with Gasteiger partial charge in [-0.05, 0) is 12.1 Å². The molecule has 7 heteroatoms. The molecule has 0 saturated carbocycles. The highest BCUT2D eigenvalue weighted by molar-refractivity contribution is 6.32. The van der Waals surface area contributed by atoms with Crippen LogP contribution in [0.5, 0.6) is 0 Å². The zero-order chi connectivity index (χ0) is 13.6. The van der Waals surface area contributed by atoms with Gasteiger partial charge in [-0.1, -0.05) is 17.7 Å². The summed E-state index contributed by atoms with van der Waals surface area (Å²) in [7, 11) is 0. The van der Waals surface area contributed by atoms with Crippen LogP contribution in [0.1, 0.15) is 5.56 Å². The van der Waals surface area contributed by atoms with Crippen LogP contribution in [0.2, 0.25) is 5.02 Å². The van der Waals surface area contributed by atoms with Crippen molar-refractivity contribution in [2.24, 2.45) is 0 Å². The Hall–Kier alpha value is -1.45. The van der Waals surface area contributed by atoms with Crippen molar-refractivity contribution in [3.63, 3.8) is 0 Å². The lowest BCUT2D eigenvalue weighted by molar-refractivity contribution is -0.172. The van der Waals surface area contributed by atoms with E-state index in [1.54, 1.807) is 18.2 Å². The minimum absolute atomic E-state index is 0.114. The van der Waals surface area contributed by atoms with Crippen LogP contribution in [-0.4, -0.2) is 25.9 Å². The first-order valence-electron chi connectivity index (χ1n) is 5.01. The Labute approximate surface area is 107 Å². The van der Waals surface area contributed by atoms with E-state index in [1.165, 1.54) is 0 Å². The molecule has 0 saturated heterocycles. The molecule has 0 bridgehead atoms. The normalized spacial score (nSPS) is 11.1. The summed E-state index contributed by atoms with van der Waals surface area (Å²) < 4.78 is 39.7. The van der Waals surface area contributed by atoms with E-state index >= 15 is 0 Å². The molecule has 0 aromatic heterocycles. The van der Waals surface area contributed by atoms with E-state index in [4.69, 9.17) is 16.9 Å². The molecule has 0 fully saturated rings. The van der Waals surface area contributed by atoms with Crippen LogP contribution in [0.4, 0.5) is 18.9 Å². The number of alkyl halides is 3. The van der Waals surface area contributed by atoms with Gasteiger partial charge in [-0.15, -0.1) is 0 Å².